The van der Waals surface area contributed by atoms with Gasteiger partial charge in [-0.15, -0.1) is 11.3 Å². The summed E-state index contributed by atoms with van der Waals surface area (Å²) in [6.45, 7) is 7.67. The van der Waals surface area contributed by atoms with E-state index in [4.69, 9.17) is 9.47 Å². The number of ether oxygens (including phenoxy) is 2. The number of piperazine rings is 1. The van der Waals surface area contributed by atoms with E-state index in [0.29, 0.717) is 12.8 Å². The minimum atomic E-state index is 0.329. The third kappa shape index (κ3) is 3.65. The Morgan fingerprint density at radius 1 is 1.15 bits per heavy atom. The van der Waals surface area contributed by atoms with Crippen molar-refractivity contribution in [2.75, 3.05) is 52.0 Å². The van der Waals surface area contributed by atoms with Crippen LogP contribution in [0.4, 0.5) is 5.13 Å². The number of nitrogens with zero attached hydrogens (tertiary/aromatic N) is 4. The number of aromatic nitrogens is 1. The van der Waals surface area contributed by atoms with Crippen molar-refractivity contribution in [3.05, 3.63) is 34.8 Å². The first-order valence-electron chi connectivity index (χ1n) is 9.08. The molecule has 26 heavy (non-hydrogen) atoms. The largest absolute Gasteiger partial charge is 0.454 e. The summed E-state index contributed by atoms with van der Waals surface area (Å²) in [7, 11) is 4.19. The highest BCUT2D eigenvalue weighted by atomic mass is 32.1. The van der Waals surface area contributed by atoms with Crippen molar-refractivity contribution in [2.24, 2.45) is 0 Å². The molecule has 1 saturated heterocycles. The second-order valence-corrected chi connectivity index (χ2v) is 8.25. The van der Waals surface area contributed by atoms with Gasteiger partial charge >= 0.3 is 0 Å². The van der Waals surface area contributed by atoms with Crippen LogP contribution in [0.1, 0.15) is 23.4 Å². The Bertz CT molecular complexity index is 756. The molecule has 3 heterocycles. The molecule has 0 radical (unpaired) electrons. The Kier molecular flexibility index (Phi) is 5.02. The molecule has 2 aliphatic rings. The molecule has 0 aliphatic carbocycles. The minimum absolute atomic E-state index is 0.329. The van der Waals surface area contributed by atoms with Crippen molar-refractivity contribution >= 4 is 16.5 Å². The lowest BCUT2D eigenvalue weighted by atomic mass is 10.1. The average molecular weight is 375 g/mol. The fourth-order valence-electron chi connectivity index (χ4n) is 3.51. The van der Waals surface area contributed by atoms with Crippen LogP contribution >= 0.6 is 11.3 Å². The van der Waals surface area contributed by atoms with Crippen molar-refractivity contribution in [2.45, 2.75) is 19.5 Å². The van der Waals surface area contributed by atoms with E-state index in [1.54, 1.807) is 0 Å². The second-order valence-electron chi connectivity index (χ2n) is 7.16. The lowest BCUT2D eigenvalue weighted by Crippen LogP contribution is -2.47. The maximum Gasteiger partial charge on any atom is 0.231 e. The normalized spacial score (nSPS) is 18.5. The van der Waals surface area contributed by atoms with Gasteiger partial charge in [-0.2, -0.15) is 0 Å². The van der Waals surface area contributed by atoms with E-state index in [-0.39, 0.29) is 0 Å². The van der Waals surface area contributed by atoms with Gasteiger partial charge in [0.05, 0.1) is 0 Å². The fourth-order valence-corrected chi connectivity index (χ4v) is 4.59. The number of rotatable bonds is 5. The van der Waals surface area contributed by atoms with Crippen LogP contribution in [-0.4, -0.2) is 61.9 Å². The van der Waals surface area contributed by atoms with Crippen LogP contribution < -0.4 is 14.4 Å². The lowest BCUT2D eigenvalue weighted by Gasteiger charge is -2.38. The van der Waals surface area contributed by atoms with Crippen LogP contribution in [0, 0.1) is 0 Å². The Morgan fingerprint density at radius 3 is 2.69 bits per heavy atom. The van der Waals surface area contributed by atoms with Crippen molar-refractivity contribution in [1.29, 1.82) is 0 Å². The minimum Gasteiger partial charge on any atom is -0.454 e. The highest BCUT2D eigenvalue weighted by Crippen LogP contribution is 2.35. The summed E-state index contributed by atoms with van der Waals surface area (Å²) in [6, 6.07) is 6.66. The molecular formula is C19H26N4O2S. The Hall–Kier alpha value is -1.83. The first kappa shape index (κ1) is 17.6. The molecular weight excluding hydrogens is 348 g/mol. The zero-order valence-corrected chi connectivity index (χ0v) is 16.5. The first-order chi connectivity index (χ1) is 12.6. The molecule has 0 amide bonds. The molecule has 1 fully saturated rings. The molecule has 140 valence electrons. The van der Waals surface area contributed by atoms with Gasteiger partial charge in [0.25, 0.3) is 0 Å². The highest BCUT2D eigenvalue weighted by molar-refractivity contribution is 7.15. The van der Waals surface area contributed by atoms with Crippen LogP contribution in [0.15, 0.2) is 24.4 Å². The SMILES string of the molecule is CC(c1ccc2c(c1)OCO2)N1CCN(c2ncc(CN(C)C)s2)CC1. The van der Waals surface area contributed by atoms with Gasteiger partial charge in [-0.3, -0.25) is 4.90 Å². The van der Waals surface area contributed by atoms with Gasteiger partial charge in [-0.1, -0.05) is 6.07 Å². The van der Waals surface area contributed by atoms with Gasteiger partial charge in [0.15, 0.2) is 16.6 Å². The summed E-state index contributed by atoms with van der Waals surface area (Å²) in [6.07, 6.45) is 2.02. The average Bonchev–Trinajstić information content (AvgIpc) is 3.29. The first-order valence-corrected chi connectivity index (χ1v) is 9.90. The molecule has 1 aromatic carbocycles. The molecule has 0 N–H and O–H groups in total. The van der Waals surface area contributed by atoms with Crippen molar-refractivity contribution in [3.63, 3.8) is 0 Å². The van der Waals surface area contributed by atoms with E-state index in [1.807, 2.05) is 23.6 Å². The van der Waals surface area contributed by atoms with Gasteiger partial charge in [0.2, 0.25) is 6.79 Å². The molecule has 1 aromatic heterocycles. The Labute approximate surface area is 158 Å². The topological polar surface area (TPSA) is 41.1 Å². The fraction of sp³-hybridized carbons (Fsp3) is 0.526. The van der Waals surface area contributed by atoms with Crippen LogP contribution in [-0.2, 0) is 6.54 Å². The Morgan fingerprint density at radius 2 is 1.92 bits per heavy atom. The smallest absolute Gasteiger partial charge is 0.231 e. The maximum atomic E-state index is 5.52. The van der Waals surface area contributed by atoms with Crippen LogP contribution in [0.3, 0.4) is 0 Å². The predicted octanol–water partition coefficient (Wildman–Crippen LogP) is 2.82. The maximum absolute atomic E-state index is 5.52. The number of anilines is 1. The molecule has 2 aliphatic heterocycles. The zero-order valence-electron chi connectivity index (χ0n) is 15.6. The second kappa shape index (κ2) is 7.42. The number of benzene rings is 1. The van der Waals surface area contributed by atoms with Crippen LogP contribution in [0.25, 0.3) is 0 Å². The van der Waals surface area contributed by atoms with E-state index in [0.717, 1.165) is 49.4 Å². The monoisotopic (exact) mass is 374 g/mol. The molecule has 0 saturated carbocycles. The van der Waals surface area contributed by atoms with Crippen LogP contribution in [0.5, 0.6) is 11.5 Å². The number of thiazole rings is 1. The molecule has 1 unspecified atom stereocenters. The molecule has 7 heteroatoms. The van der Waals surface area contributed by atoms with Crippen LogP contribution in [0.2, 0.25) is 0 Å². The zero-order chi connectivity index (χ0) is 18.1. The lowest BCUT2D eigenvalue weighted by molar-refractivity contribution is 0.173. The molecule has 1 atom stereocenters. The van der Waals surface area contributed by atoms with E-state index in [2.05, 4.69) is 52.8 Å². The molecule has 0 spiro atoms. The quantitative estimate of drug-likeness (QED) is 0.802. The third-order valence-electron chi connectivity index (χ3n) is 5.02. The van der Waals surface area contributed by atoms with Crippen molar-refractivity contribution in [3.8, 4) is 11.5 Å². The van der Waals surface area contributed by atoms with Crippen molar-refractivity contribution < 1.29 is 9.47 Å². The standard InChI is InChI=1S/C19H26N4O2S/c1-14(15-4-5-17-18(10-15)25-13-24-17)22-6-8-23(9-7-22)19-20-11-16(26-19)12-21(2)3/h4-5,10-11,14H,6-9,12-13H2,1-3H3. The van der Waals surface area contributed by atoms with Crippen molar-refractivity contribution in [1.82, 2.24) is 14.8 Å². The molecule has 4 rings (SSSR count). The summed E-state index contributed by atoms with van der Waals surface area (Å²) in [4.78, 5) is 13.1. The van der Waals surface area contributed by atoms with E-state index < -0.39 is 0 Å². The highest BCUT2D eigenvalue weighted by Gasteiger charge is 2.25. The summed E-state index contributed by atoms with van der Waals surface area (Å²) in [5.41, 5.74) is 1.28. The van der Waals surface area contributed by atoms with Gasteiger partial charge < -0.3 is 19.3 Å². The molecule has 2 aromatic rings. The van der Waals surface area contributed by atoms with E-state index in [1.165, 1.54) is 10.4 Å². The third-order valence-corrected chi connectivity index (χ3v) is 6.07. The number of fused-ring (bicyclic) bond motifs is 1. The van der Waals surface area contributed by atoms with Gasteiger partial charge in [0.1, 0.15) is 0 Å². The number of hydrogen-bond acceptors (Lipinski definition) is 7. The molecule has 0 bridgehead atoms. The summed E-state index contributed by atoms with van der Waals surface area (Å²) < 4.78 is 10.9. The number of hydrogen-bond donors (Lipinski definition) is 0. The summed E-state index contributed by atoms with van der Waals surface area (Å²) >= 11 is 1.81. The summed E-state index contributed by atoms with van der Waals surface area (Å²) in [5.74, 6) is 1.72. The van der Waals surface area contributed by atoms with Gasteiger partial charge in [-0.25, -0.2) is 4.98 Å². The van der Waals surface area contributed by atoms with E-state index in [9.17, 15) is 0 Å². The Balaban J connectivity index is 1.36. The predicted molar refractivity (Wildman–Crippen MR) is 104 cm³/mol. The summed E-state index contributed by atoms with van der Waals surface area (Å²) in [5, 5.41) is 1.15. The van der Waals surface area contributed by atoms with E-state index >= 15 is 0 Å². The van der Waals surface area contributed by atoms with Gasteiger partial charge in [-0.05, 0) is 38.7 Å². The molecule has 6 nitrogen and oxygen atoms in total. The van der Waals surface area contributed by atoms with Gasteiger partial charge in [0, 0.05) is 49.8 Å².